The van der Waals surface area contributed by atoms with Crippen LogP contribution in [0.2, 0.25) is 0 Å². The van der Waals surface area contributed by atoms with Crippen LogP contribution in [0.1, 0.15) is 54.4 Å². The fourth-order valence-corrected chi connectivity index (χ4v) is 7.97. The summed E-state index contributed by atoms with van der Waals surface area (Å²) in [4.78, 5) is 37.5. The maximum atomic E-state index is 13.8. The van der Waals surface area contributed by atoms with Gasteiger partial charge < -0.3 is 24.1 Å². The molecule has 3 fully saturated rings. The number of allylic oxidation sites excluding steroid dienone is 2. The molecule has 1 N–H and O–H groups in total. The van der Waals surface area contributed by atoms with E-state index >= 15 is 0 Å². The molecular formula is C25H36O8. The number of fused-ring (bicyclic) bond motifs is 2. The van der Waals surface area contributed by atoms with Gasteiger partial charge in [-0.1, -0.05) is 27.7 Å². The van der Waals surface area contributed by atoms with Gasteiger partial charge in [0.15, 0.2) is 5.76 Å². The van der Waals surface area contributed by atoms with Gasteiger partial charge in [0.2, 0.25) is 12.1 Å². The largest absolute Gasteiger partial charge is 0.493 e. The molecule has 4 rings (SSSR count). The van der Waals surface area contributed by atoms with E-state index in [-0.39, 0.29) is 35.6 Å². The zero-order chi connectivity index (χ0) is 24.5. The average Bonchev–Trinajstić information content (AvgIpc) is 2.71. The van der Waals surface area contributed by atoms with Crippen molar-refractivity contribution in [3.63, 3.8) is 0 Å². The van der Waals surface area contributed by atoms with Crippen LogP contribution in [0.4, 0.5) is 0 Å². The molecule has 0 bridgehead atoms. The first-order chi connectivity index (χ1) is 15.4. The van der Waals surface area contributed by atoms with Crippen molar-refractivity contribution in [1.29, 1.82) is 0 Å². The summed E-state index contributed by atoms with van der Waals surface area (Å²) in [6.45, 7) is 10.7. The molecule has 0 aromatic rings. The van der Waals surface area contributed by atoms with Crippen LogP contribution >= 0.6 is 0 Å². The van der Waals surface area contributed by atoms with Crippen molar-refractivity contribution in [3.05, 3.63) is 11.8 Å². The highest BCUT2D eigenvalue weighted by molar-refractivity contribution is 5.99. The van der Waals surface area contributed by atoms with E-state index in [1.54, 1.807) is 0 Å². The van der Waals surface area contributed by atoms with Gasteiger partial charge in [-0.15, -0.1) is 0 Å². The van der Waals surface area contributed by atoms with Crippen LogP contribution < -0.4 is 0 Å². The molecule has 11 atom stereocenters. The Morgan fingerprint density at radius 1 is 1.09 bits per heavy atom. The zero-order valence-corrected chi connectivity index (χ0v) is 20.5. The minimum absolute atomic E-state index is 0.00192. The Kier molecular flexibility index (Phi) is 5.93. The van der Waals surface area contributed by atoms with Gasteiger partial charge in [0, 0.05) is 37.0 Å². The summed E-state index contributed by atoms with van der Waals surface area (Å²) in [6.07, 6.45) is -0.0256. The highest BCUT2D eigenvalue weighted by Gasteiger charge is 2.73. The highest BCUT2D eigenvalue weighted by atomic mass is 16.7. The molecule has 1 unspecified atom stereocenters. The van der Waals surface area contributed by atoms with E-state index in [2.05, 4.69) is 6.92 Å². The lowest BCUT2D eigenvalue weighted by molar-refractivity contribution is -0.327. The number of esters is 2. The third kappa shape index (κ3) is 3.35. The van der Waals surface area contributed by atoms with E-state index in [0.717, 1.165) is 0 Å². The van der Waals surface area contributed by atoms with Crippen LogP contribution in [0.15, 0.2) is 11.8 Å². The Hall–Kier alpha value is -1.93. The summed E-state index contributed by atoms with van der Waals surface area (Å²) in [5.41, 5.74) is -1.53. The molecule has 1 aliphatic heterocycles. The number of methoxy groups -OCH3 is 1. The molecule has 1 heterocycles. The molecule has 0 aromatic carbocycles. The van der Waals surface area contributed by atoms with Crippen molar-refractivity contribution in [1.82, 2.24) is 0 Å². The van der Waals surface area contributed by atoms with Gasteiger partial charge >= 0.3 is 11.9 Å². The molecule has 33 heavy (non-hydrogen) atoms. The Labute approximate surface area is 195 Å². The predicted molar refractivity (Wildman–Crippen MR) is 116 cm³/mol. The lowest BCUT2D eigenvalue weighted by atomic mass is 9.38. The maximum absolute atomic E-state index is 13.8. The quantitative estimate of drug-likeness (QED) is 0.635. The fraction of sp³-hybridized carbons (Fsp3) is 0.800. The van der Waals surface area contributed by atoms with Crippen molar-refractivity contribution in [2.24, 2.45) is 40.4 Å². The molecule has 3 aliphatic carbocycles. The number of ketones is 1. The topological polar surface area (TPSA) is 108 Å². The molecule has 0 amide bonds. The van der Waals surface area contributed by atoms with Crippen LogP contribution in [0.5, 0.6) is 0 Å². The summed E-state index contributed by atoms with van der Waals surface area (Å²) < 4.78 is 23.0. The first-order valence-corrected chi connectivity index (χ1v) is 11.9. The zero-order valence-electron chi connectivity index (χ0n) is 20.5. The van der Waals surface area contributed by atoms with E-state index in [1.807, 2.05) is 26.8 Å². The normalized spacial score (nSPS) is 48.7. The summed E-state index contributed by atoms with van der Waals surface area (Å²) in [5.74, 6) is -1.70. The summed E-state index contributed by atoms with van der Waals surface area (Å²) in [5, 5.41) is 11.8. The van der Waals surface area contributed by atoms with Gasteiger partial charge in [-0.2, -0.15) is 0 Å². The number of aliphatic hydroxyl groups is 1. The van der Waals surface area contributed by atoms with E-state index in [1.165, 1.54) is 21.0 Å². The number of Topliss-reactive ketones (excluding diaryl/α,β-unsaturated/α-hetero) is 1. The van der Waals surface area contributed by atoms with E-state index in [4.69, 9.17) is 18.9 Å². The van der Waals surface area contributed by atoms with Crippen LogP contribution in [0, 0.1) is 40.4 Å². The smallest absolute Gasteiger partial charge is 0.304 e. The number of carbonyl (C=O) groups excluding carboxylic acids is 3. The Bertz CT molecular complexity index is 882. The molecule has 1 saturated heterocycles. The first kappa shape index (κ1) is 24.2. The van der Waals surface area contributed by atoms with E-state index < -0.39 is 47.2 Å². The lowest BCUT2D eigenvalue weighted by Gasteiger charge is -2.69. The van der Waals surface area contributed by atoms with Gasteiger partial charge in [0.1, 0.15) is 6.10 Å². The number of ether oxygens (including phenoxy) is 4. The summed E-state index contributed by atoms with van der Waals surface area (Å²) in [7, 11) is 1.49. The molecule has 4 aliphatic rings. The summed E-state index contributed by atoms with van der Waals surface area (Å²) >= 11 is 0. The molecular weight excluding hydrogens is 428 g/mol. The predicted octanol–water partition coefficient (Wildman–Crippen LogP) is 2.62. The van der Waals surface area contributed by atoms with E-state index in [0.29, 0.717) is 18.6 Å². The fourth-order valence-electron chi connectivity index (χ4n) is 7.97. The molecule has 0 radical (unpaired) electrons. The Morgan fingerprint density at radius 2 is 1.73 bits per heavy atom. The molecule has 8 nitrogen and oxygen atoms in total. The molecule has 0 spiro atoms. The van der Waals surface area contributed by atoms with Crippen LogP contribution in [0.25, 0.3) is 0 Å². The van der Waals surface area contributed by atoms with Gasteiger partial charge in [-0.3, -0.25) is 14.4 Å². The van der Waals surface area contributed by atoms with Crippen molar-refractivity contribution < 1.29 is 38.4 Å². The number of carbonyl (C=O) groups is 3. The van der Waals surface area contributed by atoms with E-state index in [9.17, 15) is 19.5 Å². The monoisotopic (exact) mass is 464 g/mol. The lowest BCUT2D eigenvalue weighted by Crippen LogP contribution is -2.74. The van der Waals surface area contributed by atoms with Gasteiger partial charge in [-0.25, -0.2) is 0 Å². The van der Waals surface area contributed by atoms with Crippen molar-refractivity contribution in [3.8, 4) is 0 Å². The minimum Gasteiger partial charge on any atom is -0.493 e. The van der Waals surface area contributed by atoms with Crippen molar-refractivity contribution in [2.75, 3.05) is 7.11 Å². The second-order valence-electron chi connectivity index (χ2n) is 10.8. The maximum Gasteiger partial charge on any atom is 0.304 e. The third-order valence-electron chi connectivity index (χ3n) is 9.22. The highest BCUT2D eigenvalue weighted by Crippen LogP contribution is 2.68. The minimum atomic E-state index is -1.05. The van der Waals surface area contributed by atoms with Crippen molar-refractivity contribution >= 4 is 17.7 Å². The molecule has 0 aromatic heterocycles. The second kappa shape index (κ2) is 8.08. The number of hydrogen-bond donors (Lipinski definition) is 1. The second-order valence-corrected chi connectivity index (χ2v) is 10.8. The van der Waals surface area contributed by atoms with Gasteiger partial charge in [0.05, 0.1) is 19.3 Å². The number of aliphatic hydroxyl groups excluding tert-OH is 1. The molecule has 2 saturated carbocycles. The van der Waals surface area contributed by atoms with Gasteiger partial charge in [0.25, 0.3) is 0 Å². The molecule has 184 valence electrons. The third-order valence-corrected chi connectivity index (χ3v) is 9.22. The van der Waals surface area contributed by atoms with Crippen LogP contribution in [0.3, 0.4) is 0 Å². The SMILES string of the molecule is COC1=C[C@@H](C)[C@@H]2C[C@H]3OC(OC(C)=O)C[C@H]4[C@@H](C)[C@H](OC(C)=O)[C@@H](O)[C@H]([C@@]2(C)C1=O)[C@@]34C. The van der Waals surface area contributed by atoms with Crippen molar-refractivity contribution in [2.45, 2.75) is 79.0 Å². The Morgan fingerprint density at radius 3 is 2.30 bits per heavy atom. The van der Waals surface area contributed by atoms with Crippen LogP contribution in [-0.4, -0.2) is 54.5 Å². The van der Waals surface area contributed by atoms with Gasteiger partial charge in [-0.05, 0) is 36.2 Å². The van der Waals surface area contributed by atoms with Crippen LogP contribution in [-0.2, 0) is 33.3 Å². The molecule has 8 heteroatoms. The first-order valence-electron chi connectivity index (χ1n) is 11.9. The number of rotatable bonds is 3. The standard InChI is InChI=1S/C25H36O8/c1-11-8-17(30-7)23(29)25(6)15(11)9-18-24(5)16(10-19(33-18)31-13(3)26)12(2)21(32-14(4)27)20(28)22(24)25/h8,11-12,15-16,18-22,28H,9-10H2,1-7H3/t11-,12-,15+,16+,18-,19?,20-,21+,22+,24-,25+/m1/s1. The number of hydrogen-bond acceptors (Lipinski definition) is 8. The average molecular weight is 465 g/mol. The Balaban J connectivity index is 1.88. The summed E-state index contributed by atoms with van der Waals surface area (Å²) in [6, 6.07) is 0.